The summed E-state index contributed by atoms with van der Waals surface area (Å²) in [5, 5.41) is 9.96. The molecule has 1 aliphatic rings. The molecule has 1 atom stereocenters. The van der Waals surface area contributed by atoms with Gasteiger partial charge in [-0.1, -0.05) is 0 Å². The number of anilines is 1. The summed E-state index contributed by atoms with van der Waals surface area (Å²) in [6.07, 6.45) is 1.26. The number of hydrogen-bond donors (Lipinski definition) is 1. The standard InChI is InChI=1S/C16H20FN3S.CH2O2/c1-19-8-7-12(9-19)10-20(2)16-18-15(11-21-16)13-3-5-14(17)6-4-13;2-1-3/h3-6,11-12H,7-10H2,1-2H3;1H,(H,2,3). The van der Waals surface area contributed by atoms with Gasteiger partial charge < -0.3 is 14.9 Å². The summed E-state index contributed by atoms with van der Waals surface area (Å²) in [4.78, 5) is 17.7. The smallest absolute Gasteiger partial charge is 0.290 e. The maximum absolute atomic E-state index is 13.0. The Hall–Kier alpha value is -1.99. The van der Waals surface area contributed by atoms with Gasteiger partial charge in [0.25, 0.3) is 6.47 Å². The van der Waals surface area contributed by atoms with Crippen LogP contribution in [-0.2, 0) is 4.79 Å². The number of carboxylic acid groups (broad SMARTS) is 1. The van der Waals surface area contributed by atoms with Gasteiger partial charge in [-0.2, -0.15) is 0 Å². The monoisotopic (exact) mass is 351 g/mol. The van der Waals surface area contributed by atoms with Crippen molar-refractivity contribution in [2.45, 2.75) is 6.42 Å². The molecule has 130 valence electrons. The van der Waals surface area contributed by atoms with Crippen LogP contribution in [0.2, 0.25) is 0 Å². The number of rotatable bonds is 4. The molecule has 1 unspecified atom stereocenters. The van der Waals surface area contributed by atoms with Gasteiger partial charge in [-0.15, -0.1) is 11.3 Å². The zero-order valence-corrected chi connectivity index (χ0v) is 14.7. The Bertz CT molecular complexity index is 648. The van der Waals surface area contributed by atoms with Gasteiger partial charge in [-0.3, -0.25) is 4.79 Å². The van der Waals surface area contributed by atoms with Crippen LogP contribution in [0.15, 0.2) is 29.6 Å². The van der Waals surface area contributed by atoms with E-state index < -0.39 is 0 Å². The van der Waals surface area contributed by atoms with E-state index in [1.165, 1.54) is 31.6 Å². The first kappa shape index (κ1) is 18.4. The lowest BCUT2D eigenvalue weighted by Gasteiger charge is -2.20. The number of hydrogen-bond acceptors (Lipinski definition) is 5. The second-order valence-corrected chi connectivity index (χ2v) is 6.76. The zero-order chi connectivity index (χ0) is 17.5. The maximum atomic E-state index is 13.0. The Morgan fingerprint density at radius 1 is 1.46 bits per heavy atom. The lowest BCUT2D eigenvalue weighted by Crippen LogP contribution is -2.27. The van der Waals surface area contributed by atoms with Crippen LogP contribution < -0.4 is 4.90 Å². The molecule has 1 aromatic carbocycles. The number of aromatic nitrogens is 1. The number of nitrogens with zero attached hydrogens (tertiary/aromatic N) is 3. The first-order valence-electron chi connectivity index (χ1n) is 7.72. The fraction of sp³-hybridized carbons (Fsp3) is 0.412. The molecule has 24 heavy (non-hydrogen) atoms. The van der Waals surface area contributed by atoms with Crippen molar-refractivity contribution in [3.8, 4) is 11.3 Å². The van der Waals surface area contributed by atoms with Crippen LogP contribution in [0.4, 0.5) is 9.52 Å². The summed E-state index contributed by atoms with van der Waals surface area (Å²) in [5.41, 5.74) is 1.89. The van der Waals surface area contributed by atoms with E-state index in [0.29, 0.717) is 0 Å². The van der Waals surface area contributed by atoms with Crippen LogP contribution in [0.3, 0.4) is 0 Å². The Morgan fingerprint density at radius 2 is 2.12 bits per heavy atom. The van der Waals surface area contributed by atoms with E-state index in [2.05, 4.69) is 28.9 Å². The van der Waals surface area contributed by atoms with Crippen molar-refractivity contribution in [2.75, 3.05) is 38.6 Å². The predicted octanol–water partition coefficient (Wildman–Crippen LogP) is 3.04. The number of thiazole rings is 1. The molecule has 1 saturated heterocycles. The zero-order valence-electron chi connectivity index (χ0n) is 13.9. The molecule has 0 aliphatic carbocycles. The Labute approximate surface area is 145 Å². The lowest BCUT2D eigenvalue weighted by atomic mass is 10.1. The molecule has 1 aliphatic heterocycles. The van der Waals surface area contributed by atoms with Crippen molar-refractivity contribution in [2.24, 2.45) is 5.92 Å². The molecule has 1 aromatic heterocycles. The van der Waals surface area contributed by atoms with Crippen molar-refractivity contribution in [3.05, 3.63) is 35.5 Å². The predicted molar refractivity (Wildman–Crippen MR) is 95.1 cm³/mol. The molecule has 0 saturated carbocycles. The Morgan fingerprint density at radius 3 is 2.71 bits per heavy atom. The van der Waals surface area contributed by atoms with Gasteiger partial charge in [0.15, 0.2) is 5.13 Å². The highest BCUT2D eigenvalue weighted by Gasteiger charge is 2.21. The van der Waals surface area contributed by atoms with Gasteiger partial charge in [0.05, 0.1) is 5.69 Å². The lowest BCUT2D eigenvalue weighted by molar-refractivity contribution is -0.122. The number of halogens is 1. The van der Waals surface area contributed by atoms with E-state index in [0.717, 1.165) is 28.9 Å². The second kappa shape index (κ2) is 8.75. The summed E-state index contributed by atoms with van der Waals surface area (Å²) in [5.74, 6) is 0.509. The average Bonchev–Trinajstić information content (AvgIpc) is 3.18. The number of carbonyl (C=O) groups is 1. The van der Waals surface area contributed by atoms with E-state index in [9.17, 15) is 4.39 Å². The molecular weight excluding hydrogens is 329 g/mol. The van der Waals surface area contributed by atoms with E-state index in [1.807, 2.05) is 5.38 Å². The van der Waals surface area contributed by atoms with Crippen LogP contribution in [0.5, 0.6) is 0 Å². The number of likely N-dealkylation sites (tertiary alicyclic amines) is 1. The van der Waals surface area contributed by atoms with Gasteiger partial charge in [0, 0.05) is 31.1 Å². The minimum atomic E-state index is -0.250. The average molecular weight is 351 g/mol. The third-order valence-corrected chi connectivity index (χ3v) is 4.93. The van der Waals surface area contributed by atoms with Crippen LogP contribution in [0, 0.1) is 11.7 Å². The van der Waals surface area contributed by atoms with Crippen molar-refractivity contribution in [3.63, 3.8) is 0 Å². The van der Waals surface area contributed by atoms with E-state index in [1.54, 1.807) is 23.5 Å². The summed E-state index contributed by atoms with van der Waals surface area (Å²) in [7, 11) is 4.28. The van der Waals surface area contributed by atoms with Crippen molar-refractivity contribution >= 4 is 22.9 Å². The van der Waals surface area contributed by atoms with Crippen molar-refractivity contribution in [1.29, 1.82) is 0 Å². The summed E-state index contributed by atoms with van der Waals surface area (Å²) >= 11 is 1.65. The molecule has 3 rings (SSSR count). The Kier molecular flexibility index (Phi) is 6.69. The van der Waals surface area contributed by atoms with E-state index in [-0.39, 0.29) is 12.3 Å². The van der Waals surface area contributed by atoms with Crippen LogP contribution in [0.1, 0.15) is 6.42 Å². The van der Waals surface area contributed by atoms with Crippen molar-refractivity contribution in [1.82, 2.24) is 9.88 Å². The molecule has 2 heterocycles. The maximum Gasteiger partial charge on any atom is 0.290 e. The fourth-order valence-corrected chi connectivity index (χ4v) is 3.64. The van der Waals surface area contributed by atoms with Crippen LogP contribution in [0.25, 0.3) is 11.3 Å². The molecule has 5 nitrogen and oxygen atoms in total. The highest BCUT2D eigenvalue weighted by atomic mass is 32.1. The molecule has 0 bridgehead atoms. The minimum absolute atomic E-state index is 0.211. The third-order valence-electron chi connectivity index (χ3n) is 3.98. The largest absolute Gasteiger partial charge is 0.483 e. The first-order valence-corrected chi connectivity index (χ1v) is 8.60. The van der Waals surface area contributed by atoms with Gasteiger partial charge in [0.2, 0.25) is 0 Å². The van der Waals surface area contributed by atoms with Gasteiger partial charge in [-0.05, 0) is 50.2 Å². The Balaban J connectivity index is 0.000000647. The SMILES string of the molecule is CN1CCC(CN(C)c2nc(-c3ccc(F)cc3)cs2)C1.O=CO. The van der Waals surface area contributed by atoms with Crippen LogP contribution >= 0.6 is 11.3 Å². The molecule has 2 aromatic rings. The molecule has 7 heteroatoms. The normalized spacial score (nSPS) is 17.2. The van der Waals surface area contributed by atoms with Crippen molar-refractivity contribution < 1.29 is 14.3 Å². The van der Waals surface area contributed by atoms with Gasteiger partial charge >= 0.3 is 0 Å². The minimum Gasteiger partial charge on any atom is -0.483 e. The topological polar surface area (TPSA) is 56.7 Å². The molecule has 0 amide bonds. The highest BCUT2D eigenvalue weighted by molar-refractivity contribution is 7.14. The third kappa shape index (κ3) is 5.01. The van der Waals surface area contributed by atoms with E-state index >= 15 is 0 Å². The molecule has 0 spiro atoms. The summed E-state index contributed by atoms with van der Waals surface area (Å²) in [6, 6.07) is 6.51. The number of benzene rings is 1. The summed E-state index contributed by atoms with van der Waals surface area (Å²) < 4.78 is 13.0. The molecular formula is C17H22FN3O2S. The van der Waals surface area contributed by atoms with Gasteiger partial charge in [-0.25, -0.2) is 9.37 Å². The summed E-state index contributed by atoms with van der Waals surface area (Å²) in [6.45, 7) is 3.15. The van der Waals surface area contributed by atoms with Gasteiger partial charge in [0.1, 0.15) is 5.82 Å². The molecule has 0 radical (unpaired) electrons. The molecule has 1 N–H and O–H groups in total. The molecule has 1 fully saturated rings. The second-order valence-electron chi connectivity index (χ2n) is 5.93. The van der Waals surface area contributed by atoms with Crippen LogP contribution in [-0.4, -0.2) is 55.2 Å². The first-order chi connectivity index (χ1) is 11.5. The quantitative estimate of drug-likeness (QED) is 0.858. The van der Waals surface area contributed by atoms with E-state index in [4.69, 9.17) is 9.90 Å². The highest BCUT2D eigenvalue weighted by Crippen LogP contribution is 2.28. The fourth-order valence-electron chi connectivity index (χ4n) is 2.83.